The van der Waals surface area contributed by atoms with Crippen molar-refractivity contribution in [2.24, 2.45) is 0 Å². The van der Waals surface area contributed by atoms with Crippen LogP contribution in [0.15, 0.2) is 41.3 Å². The predicted octanol–water partition coefficient (Wildman–Crippen LogP) is 6.13. The molecule has 2 aliphatic heterocycles. The van der Waals surface area contributed by atoms with Crippen molar-refractivity contribution in [3.8, 4) is 6.07 Å². The van der Waals surface area contributed by atoms with E-state index in [9.17, 15) is 31.1 Å². The van der Waals surface area contributed by atoms with E-state index in [1.807, 2.05) is 9.80 Å². The van der Waals surface area contributed by atoms with Crippen molar-refractivity contribution in [2.45, 2.75) is 35.5 Å². The third kappa shape index (κ3) is 7.22. The number of carbonyl (C=O) groups excluding carboxylic acids is 1. The molecule has 0 N–H and O–H groups in total. The number of piperidine rings is 1. The number of rotatable bonds is 6. The lowest BCUT2D eigenvalue weighted by Gasteiger charge is -2.36. The number of piperazine rings is 1. The van der Waals surface area contributed by atoms with E-state index in [2.05, 4.69) is 4.98 Å². The van der Waals surface area contributed by atoms with Crippen LogP contribution in [-0.4, -0.2) is 73.3 Å². The van der Waals surface area contributed by atoms with E-state index in [0.29, 0.717) is 68.4 Å². The molecule has 3 aromatic rings. The van der Waals surface area contributed by atoms with Gasteiger partial charge in [0.2, 0.25) is 5.91 Å². The molecule has 0 atom stereocenters. The average Bonchev–Trinajstić information content (AvgIpc) is 3.38. The summed E-state index contributed by atoms with van der Waals surface area (Å²) in [5.41, 5.74) is -4.85. The number of hydrogen-bond acceptors (Lipinski definition) is 8. The van der Waals surface area contributed by atoms with E-state index in [0.717, 1.165) is 10.8 Å². The van der Waals surface area contributed by atoms with Crippen LogP contribution in [0.5, 0.6) is 0 Å². The van der Waals surface area contributed by atoms with E-state index in [1.165, 1.54) is 35.6 Å². The Labute approximate surface area is 245 Å². The summed E-state index contributed by atoms with van der Waals surface area (Å²) >= 11 is 1.22. The number of halogens is 6. The minimum atomic E-state index is -4.62. The van der Waals surface area contributed by atoms with Crippen LogP contribution in [-0.2, 0) is 15.7 Å². The molecule has 0 saturated carbocycles. The molecule has 224 valence electrons. The van der Waals surface area contributed by atoms with Crippen LogP contribution < -0.4 is 9.80 Å². The normalized spacial score (nSPS) is 17.1. The van der Waals surface area contributed by atoms with Crippen LogP contribution in [0.3, 0.4) is 0 Å². The summed E-state index contributed by atoms with van der Waals surface area (Å²) in [6.07, 6.45) is -3.73. The summed E-state index contributed by atoms with van der Waals surface area (Å²) in [5.74, 6) is -0.155. The predicted molar refractivity (Wildman–Crippen MR) is 148 cm³/mol. The quantitative estimate of drug-likeness (QED) is 0.240. The van der Waals surface area contributed by atoms with Gasteiger partial charge in [-0.25, -0.2) is 4.98 Å². The van der Waals surface area contributed by atoms with Crippen molar-refractivity contribution in [1.82, 2.24) is 9.88 Å². The molecule has 0 spiro atoms. The molecule has 0 bridgehead atoms. The Morgan fingerprint density at radius 3 is 2.36 bits per heavy atom. The molecule has 2 fully saturated rings. The summed E-state index contributed by atoms with van der Waals surface area (Å²) in [4.78, 5) is 22.9. The SMILES string of the molecule is N#Cc1ccc(N2CCC(OCC(=O)N3CCN(c4nc5cc(SC(F)(F)F)ccc5s4)CC3)CC2)cc1C(F)(F)F. The molecule has 2 saturated heterocycles. The minimum Gasteiger partial charge on any atom is -0.371 e. The lowest BCUT2D eigenvalue weighted by atomic mass is 10.0. The Bertz CT molecular complexity index is 1470. The Balaban J connectivity index is 1.08. The first-order chi connectivity index (χ1) is 19.9. The maximum Gasteiger partial charge on any atom is 0.446 e. The fourth-order valence-electron chi connectivity index (χ4n) is 5.00. The third-order valence-electron chi connectivity index (χ3n) is 7.16. The zero-order valence-corrected chi connectivity index (χ0v) is 23.7. The second-order valence-corrected chi connectivity index (χ2v) is 12.0. The first-order valence-corrected chi connectivity index (χ1v) is 14.7. The molecule has 7 nitrogen and oxygen atoms in total. The monoisotopic (exact) mass is 629 g/mol. The van der Waals surface area contributed by atoms with Crippen molar-refractivity contribution in [1.29, 1.82) is 5.26 Å². The molecule has 15 heteroatoms. The summed E-state index contributed by atoms with van der Waals surface area (Å²) in [7, 11) is 0. The van der Waals surface area contributed by atoms with Gasteiger partial charge in [0, 0.05) is 49.9 Å². The Morgan fingerprint density at radius 1 is 1.00 bits per heavy atom. The van der Waals surface area contributed by atoms with Gasteiger partial charge in [-0.2, -0.15) is 31.6 Å². The molecule has 1 amide bonds. The maximum absolute atomic E-state index is 13.3. The third-order valence-corrected chi connectivity index (χ3v) is 8.98. The molecule has 42 heavy (non-hydrogen) atoms. The average molecular weight is 630 g/mol. The van der Waals surface area contributed by atoms with E-state index < -0.39 is 22.8 Å². The van der Waals surface area contributed by atoms with Crippen LogP contribution in [0.25, 0.3) is 10.2 Å². The number of nitriles is 1. The Morgan fingerprint density at radius 2 is 1.71 bits per heavy atom. The number of hydrogen-bond donors (Lipinski definition) is 0. The smallest absolute Gasteiger partial charge is 0.371 e. The van der Waals surface area contributed by atoms with Gasteiger partial charge in [0.25, 0.3) is 0 Å². The molecule has 2 aromatic carbocycles. The summed E-state index contributed by atoms with van der Waals surface area (Å²) in [6.45, 7) is 2.77. The summed E-state index contributed by atoms with van der Waals surface area (Å²) in [5, 5.41) is 9.69. The van der Waals surface area contributed by atoms with Gasteiger partial charge in [-0.05, 0) is 61.0 Å². The summed E-state index contributed by atoms with van der Waals surface area (Å²) in [6, 6.07) is 9.78. The highest BCUT2D eigenvalue weighted by Gasteiger charge is 2.35. The van der Waals surface area contributed by atoms with Crippen molar-refractivity contribution >= 4 is 50.0 Å². The topological polar surface area (TPSA) is 72.7 Å². The molecule has 5 rings (SSSR count). The molecular weight excluding hydrogens is 604 g/mol. The van der Waals surface area contributed by atoms with E-state index in [4.69, 9.17) is 10.00 Å². The first kappa shape index (κ1) is 30.2. The zero-order valence-electron chi connectivity index (χ0n) is 22.0. The highest BCUT2D eigenvalue weighted by atomic mass is 32.2. The number of nitrogens with zero attached hydrogens (tertiary/aromatic N) is 5. The number of aromatic nitrogens is 1. The number of benzene rings is 2. The standard InChI is InChI=1S/C27H25F6N5O2S2/c28-26(29,30)21-13-18(2-1-17(21)15-34)36-7-5-19(6-8-36)40-16-24(39)37-9-11-38(12-10-37)25-35-22-14-20(42-27(31,32)33)3-4-23(22)41-25/h1-4,13-14,19H,5-12,16H2. The number of fused-ring (bicyclic) bond motifs is 1. The van der Waals surface area contributed by atoms with E-state index >= 15 is 0 Å². The molecule has 3 heterocycles. The fourth-order valence-corrected chi connectivity index (χ4v) is 6.57. The van der Waals surface area contributed by atoms with Crippen LogP contribution in [0.4, 0.5) is 37.2 Å². The van der Waals surface area contributed by atoms with E-state index in [1.54, 1.807) is 17.0 Å². The van der Waals surface area contributed by atoms with Gasteiger partial charge >= 0.3 is 11.7 Å². The van der Waals surface area contributed by atoms with Crippen LogP contribution in [0.2, 0.25) is 0 Å². The largest absolute Gasteiger partial charge is 0.446 e. The number of amides is 1. The number of anilines is 2. The van der Waals surface area contributed by atoms with Crippen molar-refractivity contribution < 1.29 is 35.9 Å². The van der Waals surface area contributed by atoms with E-state index in [-0.39, 0.29) is 35.3 Å². The van der Waals surface area contributed by atoms with Crippen molar-refractivity contribution in [3.05, 3.63) is 47.5 Å². The lowest BCUT2D eigenvalue weighted by Crippen LogP contribution is -2.50. The number of alkyl halides is 6. The summed E-state index contributed by atoms with van der Waals surface area (Å²) < 4.78 is 84.7. The Hall–Kier alpha value is -3.22. The maximum atomic E-state index is 13.3. The van der Waals surface area contributed by atoms with Gasteiger partial charge in [-0.15, -0.1) is 0 Å². The van der Waals surface area contributed by atoms with Gasteiger partial charge in [-0.1, -0.05) is 11.3 Å². The van der Waals surface area contributed by atoms with Crippen LogP contribution >= 0.6 is 23.1 Å². The molecule has 0 radical (unpaired) electrons. The second kappa shape index (κ2) is 12.2. The number of thioether (sulfide) groups is 1. The van der Waals surface area contributed by atoms with Crippen LogP contribution in [0, 0.1) is 11.3 Å². The molecule has 0 aliphatic carbocycles. The number of thiazole rings is 1. The van der Waals surface area contributed by atoms with Crippen LogP contribution in [0.1, 0.15) is 24.0 Å². The van der Waals surface area contributed by atoms with Gasteiger partial charge in [-0.3, -0.25) is 4.79 Å². The molecule has 2 aliphatic rings. The van der Waals surface area contributed by atoms with Gasteiger partial charge < -0.3 is 19.4 Å². The second-order valence-electron chi connectivity index (χ2n) is 9.88. The molecular formula is C27H25F6N5O2S2. The first-order valence-electron chi connectivity index (χ1n) is 13.1. The zero-order chi connectivity index (χ0) is 30.1. The van der Waals surface area contributed by atoms with Crippen molar-refractivity contribution in [3.63, 3.8) is 0 Å². The number of carbonyl (C=O) groups is 1. The number of ether oxygens (including phenoxy) is 1. The van der Waals surface area contributed by atoms with Crippen molar-refractivity contribution in [2.75, 3.05) is 55.7 Å². The molecule has 1 aromatic heterocycles. The fraction of sp³-hybridized carbons (Fsp3) is 0.444. The minimum absolute atomic E-state index is 0.0813. The highest BCUT2D eigenvalue weighted by molar-refractivity contribution is 8.00. The van der Waals surface area contributed by atoms with Gasteiger partial charge in [0.15, 0.2) is 5.13 Å². The Kier molecular flexibility index (Phi) is 8.77. The lowest BCUT2D eigenvalue weighted by molar-refractivity contribution is -0.139. The molecule has 0 unspecified atom stereocenters. The van der Waals surface area contributed by atoms with Gasteiger partial charge in [0.05, 0.1) is 33.5 Å². The van der Waals surface area contributed by atoms with Gasteiger partial charge in [0.1, 0.15) is 6.61 Å². The highest BCUT2D eigenvalue weighted by Crippen LogP contribution is 2.39.